The maximum Gasteiger partial charge on any atom is 0.227 e. The van der Waals surface area contributed by atoms with Crippen molar-refractivity contribution in [3.05, 3.63) is 88.5 Å². The van der Waals surface area contributed by atoms with Crippen molar-refractivity contribution in [2.45, 2.75) is 13.2 Å². The molecule has 1 aliphatic rings. The second-order valence-corrected chi connectivity index (χ2v) is 7.46. The van der Waals surface area contributed by atoms with Gasteiger partial charge in [-0.25, -0.2) is 0 Å². The third-order valence-electron chi connectivity index (χ3n) is 5.42. The fourth-order valence-corrected chi connectivity index (χ4v) is 3.67. The third-order valence-corrected chi connectivity index (χ3v) is 5.42. The molecule has 4 rings (SSSR count). The van der Waals surface area contributed by atoms with Crippen LogP contribution in [0.3, 0.4) is 0 Å². The Hall–Kier alpha value is -3.25. The average molecular weight is 407 g/mol. The van der Waals surface area contributed by atoms with Crippen molar-refractivity contribution in [3.63, 3.8) is 0 Å². The zero-order chi connectivity index (χ0) is 20.8. The highest BCUT2D eigenvalue weighted by Gasteiger charge is 2.21. The number of anilines is 1. The topological polar surface area (TPSA) is 56.4 Å². The lowest BCUT2D eigenvalue weighted by molar-refractivity contribution is -0.915. The Balaban J connectivity index is 1.29. The van der Waals surface area contributed by atoms with E-state index < -0.39 is 0 Å². The SMILES string of the molecule is COc1ccc(N2CC[NH+](Cc3cc(=O)c(OCc4ccccc4)co3)CC2)cc1. The van der Waals surface area contributed by atoms with E-state index in [1.54, 1.807) is 13.2 Å². The van der Waals surface area contributed by atoms with Crippen molar-refractivity contribution in [3.8, 4) is 11.5 Å². The number of piperazine rings is 1. The molecule has 0 saturated carbocycles. The Morgan fingerprint density at radius 1 is 1.03 bits per heavy atom. The number of nitrogens with one attached hydrogen (secondary N) is 1. The van der Waals surface area contributed by atoms with Crippen LogP contribution in [0.4, 0.5) is 5.69 Å². The highest BCUT2D eigenvalue weighted by atomic mass is 16.5. The van der Waals surface area contributed by atoms with Crippen LogP contribution in [0.5, 0.6) is 11.5 Å². The molecule has 0 radical (unpaired) electrons. The molecule has 0 atom stereocenters. The largest absolute Gasteiger partial charge is 0.497 e. The molecule has 30 heavy (non-hydrogen) atoms. The molecule has 0 spiro atoms. The Bertz CT molecular complexity index is 994. The van der Waals surface area contributed by atoms with Gasteiger partial charge in [-0.3, -0.25) is 4.79 Å². The monoisotopic (exact) mass is 407 g/mol. The average Bonchev–Trinajstić information content (AvgIpc) is 2.80. The number of ether oxygens (including phenoxy) is 2. The van der Waals surface area contributed by atoms with Crippen LogP contribution >= 0.6 is 0 Å². The van der Waals surface area contributed by atoms with Gasteiger partial charge in [0.25, 0.3) is 0 Å². The summed E-state index contributed by atoms with van der Waals surface area (Å²) in [6, 6.07) is 19.5. The summed E-state index contributed by atoms with van der Waals surface area (Å²) in [6.07, 6.45) is 1.44. The molecule has 1 fully saturated rings. The van der Waals surface area contributed by atoms with E-state index in [1.807, 2.05) is 42.5 Å². The lowest BCUT2D eigenvalue weighted by Crippen LogP contribution is -3.13. The maximum atomic E-state index is 12.4. The van der Waals surface area contributed by atoms with Gasteiger partial charge in [0, 0.05) is 11.8 Å². The minimum atomic E-state index is -0.136. The Kier molecular flexibility index (Phi) is 6.35. The van der Waals surface area contributed by atoms with Gasteiger partial charge in [-0.1, -0.05) is 30.3 Å². The highest BCUT2D eigenvalue weighted by molar-refractivity contribution is 5.49. The summed E-state index contributed by atoms with van der Waals surface area (Å²) < 4.78 is 16.5. The summed E-state index contributed by atoms with van der Waals surface area (Å²) in [4.78, 5) is 16.2. The fraction of sp³-hybridized carbons (Fsp3) is 0.292. The first-order valence-electron chi connectivity index (χ1n) is 10.2. The molecule has 1 aliphatic heterocycles. The van der Waals surface area contributed by atoms with Crippen molar-refractivity contribution in [2.24, 2.45) is 0 Å². The molecule has 0 aliphatic carbocycles. The molecule has 1 aromatic heterocycles. The van der Waals surface area contributed by atoms with E-state index in [0.29, 0.717) is 18.9 Å². The van der Waals surface area contributed by atoms with Crippen LogP contribution in [0.25, 0.3) is 0 Å². The first-order chi connectivity index (χ1) is 14.7. The van der Waals surface area contributed by atoms with Crippen molar-refractivity contribution >= 4 is 5.69 Å². The van der Waals surface area contributed by atoms with Gasteiger partial charge in [0.2, 0.25) is 11.2 Å². The molecule has 6 heteroatoms. The second kappa shape index (κ2) is 9.50. The van der Waals surface area contributed by atoms with Gasteiger partial charge in [0.15, 0.2) is 5.76 Å². The number of hydrogen-bond donors (Lipinski definition) is 1. The van der Waals surface area contributed by atoms with Crippen molar-refractivity contribution in [1.29, 1.82) is 0 Å². The smallest absolute Gasteiger partial charge is 0.227 e. The van der Waals surface area contributed by atoms with Gasteiger partial charge >= 0.3 is 0 Å². The van der Waals surface area contributed by atoms with Crippen molar-refractivity contribution in [2.75, 3.05) is 38.2 Å². The van der Waals surface area contributed by atoms with Crippen LogP contribution in [0.15, 0.2) is 76.1 Å². The molecular weight excluding hydrogens is 380 g/mol. The van der Waals surface area contributed by atoms with Gasteiger partial charge in [-0.2, -0.15) is 0 Å². The first-order valence-corrected chi connectivity index (χ1v) is 10.2. The molecule has 1 N–H and O–H groups in total. The van der Waals surface area contributed by atoms with E-state index in [-0.39, 0.29) is 11.2 Å². The van der Waals surface area contributed by atoms with Crippen LogP contribution in [-0.4, -0.2) is 33.3 Å². The number of hydrogen-bond acceptors (Lipinski definition) is 5. The molecule has 156 valence electrons. The molecule has 2 aromatic carbocycles. The van der Waals surface area contributed by atoms with Gasteiger partial charge in [0.05, 0.1) is 33.3 Å². The van der Waals surface area contributed by atoms with Crippen LogP contribution < -0.4 is 24.7 Å². The molecule has 3 aromatic rings. The van der Waals surface area contributed by atoms with Gasteiger partial charge < -0.3 is 23.7 Å². The molecule has 0 amide bonds. The number of nitrogens with zero attached hydrogens (tertiary/aromatic N) is 1. The van der Waals surface area contributed by atoms with E-state index in [9.17, 15) is 4.79 Å². The summed E-state index contributed by atoms with van der Waals surface area (Å²) in [5.41, 5.74) is 2.09. The van der Waals surface area contributed by atoms with Gasteiger partial charge in [-0.15, -0.1) is 0 Å². The van der Waals surface area contributed by atoms with Gasteiger partial charge in [0.1, 0.15) is 25.2 Å². The summed E-state index contributed by atoms with van der Waals surface area (Å²) >= 11 is 0. The zero-order valence-corrected chi connectivity index (χ0v) is 17.2. The molecule has 0 unspecified atom stereocenters. The lowest BCUT2D eigenvalue weighted by atomic mass is 10.2. The standard InChI is InChI=1S/C24H26N2O4/c1-28-21-9-7-20(8-10-21)26-13-11-25(12-14-26)16-22-15-23(27)24(18-29-22)30-17-19-5-3-2-4-6-19/h2-10,15,18H,11-14,16-17H2,1H3/p+1. The van der Waals surface area contributed by atoms with Crippen molar-refractivity contribution in [1.82, 2.24) is 0 Å². The first kappa shape index (κ1) is 20.0. The van der Waals surface area contributed by atoms with Crippen LogP contribution in [0, 0.1) is 0 Å². The van der Waals surface area contributed by atoms with Gasteiger partial charge in [-0.05, 0) is 29.8 Å². The minimum absolute atomic E-state index is 0.136. The van der Waals surface area contributed by atoms with E-state index in [2.05, 4.69) is 17.0 Å². The van der Waals surface area contributed by atoms with E-state index in [0.717, 1.165) is 37.5 Å². The third kappa shape index (κ3) is 5.02. The quantitative estimate of drug-likeness (QED) is 0.650. The fourth-order valence-electron chi connectivity index (χ4n) is 3.67. The van der Waals surface area contributed by atoms with Crippen LogP contribution in [0.1, 0.15) is 11.3 Å². The summed E-state index contributed by atoms with van der Waals surface area (Å²) in [6.45, 7) is 4.95. The normalized spacial score (nSPS) is 14.5. The van der Waals surface area contributed by atoms with Crippen molar-refractivity contribution < 1.29 is 18.8 Å². The Labute approximate surface area is 176 Å². The number of rotatable bonds is 7. The summed E-state index contributed by atoms with van der Waals surface area (Å²) in [5, 5.41) is 0. The van der Waals surface area contributed by atoms with E-state index in [1.165, 1.54) is 16.9 Å². The summed E-state index contributed by atoms with van der Waals surface area (Å²) in [5.74, 6) is 1.82. The Morgan fingerprint density at radius 2 is 1.77 bits per heavy atom. The number of benzene rings is 2. The predicted molar refractivity (Wildman–Crippen MR) is 115 cm³/mol. The Morgan fingerprint density at radius 3 is 2.43 bits per heavy atom. The van der Waals surface area contributed by atoms with E-state index >= 15 is 0 Å². The second-order valence-electron chi connectivity index (χ2n) is 7.46. The molecule has 1 saturated heterocycles. The van der Waals surface area contributed by atoms with Crippen LogP contribution in [0.2, 0.25) is 0 Å². The number of quaternary nitrogens is 1. The molecular formula is C24H27N2O4+. The zero-order valence-electron chi connectivity index (χ0n) is 17.2. The summed E-state index contributed by atoms with van der Waals surface area (Å²) in [7, 11) is 1.68. The highest BCUT2D eigenvalue weighted by Crippen LogP contribution is 2.19. The molecule has 0 bridgehead atoms. The minimum Gasteiger partial charge on any atom is -0.497 e. The molecule has 6 nitrogen and oxygen atoms in total. The maximum absolute atomic E-state index is 12.4. The number of methoxy groups -OCH3 is 1. The lowest BCUT2D eigenvalue weighted by Gasteiger charge is -2.33. The van der Waals surface area contributed by atoms with Crippen LogP contribution in [-0.2, 0) is 13.2 Å². The molecule has 2 heterocycles. The predicted octanol–water partition coefficient (Wildman–Crippen LogP) is 2.13. The van der Waals surface area contributed by atoms with E-state index in [4.69, 9.17) is 13.9 Å².